The Balaban J connectivity index is 2.00. The highest BCUT2D eigenvalue weighted by Gasteiger charge is 2.18. The van der Waals surface area contributed by atoms with Gasteiger partial charge in [0.05, 0.1) is 4.58 Å². The summed E-state index contributed by atoms with van der Waals surface area (Å²) in [6, 6.07) is 7.79. The average molecular weight is 269 g/mol. The van der Waals surface area contributed by atoms with E-state index < -0.39 is 0 Å². The summed E-state index contributed by atoms with van der Waals surface area (Å²) >= 11 is 3.93. The fourth-order valence-corrected chi connectivity index (χ4v) is 4.30. The maximum atomic E-state index is 11.3. The summed E-state index contributed by atoms with van der Waals surface area (Å²) in [5.74, 6) is 3.03. The largest absolute Gasteiger partial charge is 0.414 e. The first kappa shape index (κ1) is 12.6. The standard InChI is InChI=1S/C12H15NO2S2/c1-13(2)12(14)15-10-5-3-9(4-6-10)11-16-7-8-17-11/h3-6,11H,7-8H2,1-2H3. The molecule has 3 nitrogen and oxygen atoms in total. The third-order valence-corrected chi connectivity index (χ3v) is 5.45. The maximum absolute atomic E-state index is 11.3. The highest BCUT2D eigenvalue weighted by atomic mass is 32.2. The predicted molar refractivity (Wildman–Crippen MR) is 73.8 cm³/mol. The van der Waals surface area contributed by atoms with Crippen LogP contribution in [0.2, 0.25) is 0 Å². The van der Waals surface area contributed by atoms with Gasteiger partial charge in [-0.25, -0.2) is 4.79 Å². The Labute approximate surface area is 110 Å². The van der Waals surface area contributed by atoms with Crippen molar-refractivity contribution in [3.63, 3.8) is 0 Å². The summed E-state index contributed by atoms with van der Waals surface area (Å²) in [6.45, 7) is 0. The van der Waals surface area contributed by atoms with E-state index in [9.17, 15) is 4.79 Å². The zero-order valence-corrected chi connectivity index (χ0v) is 11.5. The Morgan fingerprint density at radius 2 is 1.82 bits per heavy atom. The average Bonchev–Trinajstić information content (AvgIpc) is 2.83. The lowest BCUT2D eigenvalue weighted by atomic mass is 10.2. The van der Waals surface area contributed by atoms with E-state index in [1.807, 2.05) is 47.8 Å². The molecule has 0 bridgehead atoms. The minimum atomic E-state index is -0.345. The van der Waals surface area contributed by atoms with E-state index in [0.717, 1.165) is 0 Å². The molecule has 1 aliphatic rings. The Hall–Kier alpha value is -0.810. The van der Waals surface area contributed by atoms with Crippen LogP contribution in [0.15, 0.2) is 24.3 Å². The van der Waals surface area contributed by atoms with E-state index in [-0.39, 0.29) is 6.09 Å². The molecule has 0 spiro atoms. The summed E-state index contributed by atoms with van der Waals surface area (Å²) in [6.07, 6.45) is -0.345. The highest BCUT2D eigenvalue weighted by Crippen LogP contribution is 2.45. The fraction of sp³-hybridized carbons (Fsp3) is 0.417. The Morgan fingerprint density at radius 1 is 1.24 bits per heavy atom. The van der Waals surface area contributed by atoms with Crippen molar-refractivity contribution in [1.82, 2.24) is 4.90 Å². The molecule has 1 saturated heterocycles. The van der Waals surface area contributed by atoms with Gasteiger partial charge in [-0.2, -0.15) is 0 Å². The van der Waals surface area contributed by atoms with Crippen LogP contribution in [0.5, 0.6) is 5.75 Å². The number of amides is 1. The first-order chi connectivity index (χ1) is 8.16. The van der Waals surface area contributed by atoms with Crippen LogP contribution in [-0.4, -0.2) is 36.6 Å². The van der Waals surface area contributed by atoms with E-state index >= 15 is 0 Å². The van der Waals surface area contributed by atoms with Crippen molar-refractivity contribution in [2.24, 2.45) is 0 Å². The minimum Gasteiger partial charge on any atom is -0.410 e. The van der Waals surface area contributed by atoms with Crippen LogP contribution in [-0.2, 0) is 0 Å². The second-order valence-corrected chi connectivity index (χ2v) is 6.63. The van der Waals surface area contributed by atoms with Gasteiger partial charge in [0.15, 0.2) is 0 Å². The molecule has 1 fully saturated rings. The second kappa shape index (κ2) is 5.69. The molecule has 92 valence electrons. The summed E-state index contributed by atoms with van der Waals surface area (Å²) in [5.41, 5.74) is 1.29. The number of hydrogen-bond acceptors (Lipinski definition) is 4. The fourth-order valence-electron chi connectivity index (χ4n) is 1.44. The summed E-state index contributed by atoms with van der Waals surface area (Å²) < 4.78 is 5.70. The van der Waals surface area contributed by atoms with Crippen molar-refractivity contribution in [3.8, 4) is 5.75 Å². The number of benzene rings is 1. The molecule has 1 heterocycles. The Morgan fingerprint density at radius 3 is 2.35 bits per heavy atom. The molecular formula is C12H15NO2S2. The van der Waals surface area contributed by atoms with E-state index in [0.29, 0.717) is 10.3 Å². The van der Waals surface area contributed by atoms with Gasteiger partial charge in [-0.1, -0.05) is 12.1 Å². The molecule has 0 aliphatic carbocycles. The number of ether oxygens (including phenoxy) is 1. The SMILES string of the molecule is CN(C)C(=O)Oc1ccc(C2SCCS2)cc1. The molecule has 1 aliphatic heterocycles. The van der Waals surface area contributed by atoms with Crippen LogP contribution in [0.1, 0.15) is 10.1 Å². The monoisotopic (exact) mass is 269 g/mol. The topological polar surface area (TPSA) is 29.5 Å². The number of carbonyl (C=O) groups excluding carboxylic acids is 1. The van der Waals surface area contributed by atoms with Crippen molar-refractivity contribution in [3.05, 3.63) is 29.8 Å². The normalized spacial score (nSPS) is 15.9. The van der Waals surface area contributed by atoms with Crippen LogP contribution in [0, 0.1) is 0 Å². The molecule has 0 N–H and O–H groups in total. The van der Waals surface area contributed by atoms with E-state index in [2.05, 4.69) is 0 Å². The zero-order valence-electron chi connectivity index (χ0n) is 9.88. The first-order valence-electron chi connectivity index (χ1n) is 5.39. The summed E-state index contributed by atoms with van der Waals surface area (Å²) in [5, 5.41) is 0. The quantitative estimate of drug-likeness (QED) is 0.824. The highest BCUT2D eigenvalue weighted by molar-refractivity contribution is 8.19. The van der Waals surface area contributed by atoms with Gasteiger partial charge in [0.25, 0.3) is 0 Å². The minimum absolute atomic E-state index is 0.345. The van der Waals surface area contributed by atoms with Crippen LogP contribution in [0.25, 0.3) is 0 Å². The molecule has 0 saturated carbocycles. The van der Waals surface area contributed by atoms with Gasteiger partial charge >= 0.3 is 6.09 Å². The summed E-state index contributed by atoms with van der Waals surface area (Å²) in [4.78, 5) is 12.8. The molecule has 1 aromatic rings. The molecule has 17 heavy (non-hydrogen) atoms. The Bertz CT molecular complexity index is 386. The van der Waals surface area contributed by atoms with Crippen molar-refractivity contribution in [2.75, 3.05) is 25.6 Å². The lowest BCUT2D eigenvalue weighted by Gasteiger charge is -2.12. The molecule has 1 aromatic carbocycles. The third-order valence-electron chi connectivity index (χ3n) is 2.34. The molecule has 0 radical (unpaired) electrons. The number of rotatable bonds is 2. The van der Waals surface area contributed by atoms with Crippen LogP contribution >= 0.6 is 23.5 Å². The molecule has 0 atom stereocenters. The number of nitrogens with zero attached hydrogens (tertiary/aromatic N) is 1. The van der Waals surface area contributed by atoms with E-state index in [1.54, 1.807) is 14.1 Å². The van der Waals surface area contributed by atoms with E-state index in [1.165, 1.54) is 22.0 Å². The molecule has 0 aromatic heterocycles. The van der Waals surface area contributed by atoms with Crippen molar-refractivity contribution < 1.29 is 9.53 Å². The van der Waals surface area contributed by atoms with Crippen molar-refractivity contribution >= 4 is 29.6 Å². The molecule has 0 unspecified atom stereocenters. The molecule has 2 rings (SSSR count). The summed E-state index contributed by atoms with van der Waals surface area (Å²) in [7, 11) is 3.34. The Kier molecular flexibility index (Phi) is 4.23. The van der Waals surface area contributed by atoms with Gasteiger partial charge in [-0.15, -0.1) is 23.5 Å². The van der Waals surface area contributed by atoms with Crippen LogP contribution in [0.3, 0.4) is 0 Å². The number of carbonyl (C=O) groups is 1. The van der Waals surface area contributed by atoms with Crippen LogP contribution in [0.4, 0.5) is 4.79 Å². The number of hydrogen-bond donors (Lipinski definition) is 0. The lowest BCUT2D eigenvalue weighted by Crippen LogP contribution is -2.25. The van der Waals surface area contributed by atoms with Gasteiger partial charge in [0, 0.05) is 25.6 Å². The molecular weight excluding hydrogens is 254 g/mol. The van der Waals surface area contributed by atoms with Gasteiger partial charge in [0.1, 0.15) is 5.75 Å². The van der Waals surface area contributed by atoms with Gasteiger partial charge in [-0.3, -0.25) is 0 Å². The van der Waals surface area contributed by atoms with Crippen molar-refractivity contribution in [2.45, 2.75) is 4.58 Å². The third kappa shape index (κ3) is 3.33. The lowest BCUT2D eigenvalue weighted by molar-refractivity contribution is 0.172. The molecule has 1 amide bonds. The second-order valence-electron chi connectivity index (χ2n) is 3.90. The predicted octanol–water partition coefficient (Wildman–Crippen LogP) is 3.23. The first-order valence-corrected chi connectivity index (χ1v) is 7.49. The van der Waals surface area contributed by atoms with Gasteiger partial charge < -0.3 is 9.64 Å². The maximum Gasteiger partial charge on any atom is 0.414 e. The zero-order chi connectivity index (χ0) is 12.3. The van der Waals surface area contributed by atoms with Crippen molar-refractivity contribution in [1.29, 1.82) is 0 Å². The molecule has 5 heteroatoms. The van der Waals surface area contributed by atoms with Gasteiger partial charge in [0.2, 0.25) is 0 Å². The van der Waals surface area contributed by atoms with E-state index in [4.69, 9.17) is 4.74 Å². The number of thioether (sulfide) groups is 2. The van der Waals surface area contributed by atoms with Gasteiger partial charge in [-0.05, 0) is 17.7 Å². The van der Waals surface area contributed by atoms with Crippen LogP contribution < -0.4 is 4.74 Å². The smallest absolute Gasteiger partial charge is 0.410 e.